The second kappa shape index (κ2) is 7.91. The van der Waals surface area contributed by atoms with Crippen LogP contribution in [0.1, 0.15) is 62.3 Å². The standard InChI is InChI=1S/C22H28N4O3/c1-13(2)26-12-16(11-23-26)21-18(9-10-28-21)25-22(27)24-15(4)20-14(3)17-7-5-6-8-19(17)29-20/h5-8,11-13,15,18,21H,9-10H2,1-4H3,(H2,24,25,27)/t15-,18+,21-/m1/s1. The molecular weight excluding hydrogens is 368 g/mol. The van der Waals surface area contributed by atoms with Gasteiger partial charge >= 0.3 is 6.03 Å². The minimum absolute atomic E-state index is 0.0937. The van der Waals surface area contributed by atoms with Crippen LogP contribution in [0, 0.1) is 6.92 Å². The van der Waals surface area contributed by atoms with E-state index in [1.165, 1.54) is 0 Å². The number of para-hydroxylation sites is 1. The van der Waals surface area contributed by atoms with E-state index in [9.17, 15) is 4.79 Å². The van der Waals surface area contributed by atoms with Crippen LogP contribution in [0.4, 0.5) is 4.79 Å². The highest BCUT2D eigenvalue weighted by molar-refractivity contribution is 5.82. The van der Waals surface area contributed by atoms with Gasteiger partial charge in [0.05, 0.1) is 18.3 Å². The minimum Gasteiger partial charge on any atom is -0.459 e. The highest BCUT2D eigenvalue weighted by Gasteiger charge is 2.32. The lowest BCUT2D eigenvalue weighted by Crippen LogP contribution is -2.44. The molecule has 29 heavy (non-hydrogen) atoms. The van der Waals surface area contributed by atoms with Gasteiger partial charge in [-0.1, -0.05) is 18.2 Å². The van der Waals surface area contributed by atoms with Crippen molar-refractivity contribution in [1.29, 1.82) is 0 Å². The summed E-state index contributed by atoms with van der Waals surface area (Å²) in [5.41, 5.74) is 2.87. The van der Waals surface area contributed by atoms with Crippen LogP contribution in [0.3, 0.4) is 0 Å². The van der Waals surface area contributed by atoms with Crippen LogP contribution >= 0.6 is 0 Å². The van der Waals surface area contributed by atoms with Crippen molar-refractivity contribution in [1.82, 2.24) is 20.4 Å². The summed E-state index contributed by atoms with van der Waals surface area (Å²) < 4.78 is 13.8. The molecule has 1 fully saturated rings. The number of hydrogen-bond acceptors (Lipinski definition) is 4. The van der Waals surface area contributed by atoms with E-state index in [-0.39, 0.29) is 30.3 Å². The molecule has 4 rings (SSSR count). The van der Waals surface area contributed by atoms with E-state index in [1.807, 2.05) is 55.2 Å². The van der Waals surface area contributed by atoms with E-state index in [0.29, 0.717) is 6.61 Å². The van der Waals surface area contributed by atoms with Gasteiger partial charge in [-0.05, 0) is 40.2 Å². The van der Waals surface area contributed by atoms with Crippen molar-refractivity contribution in [2.24, 2.45) is 0 Å². The summed E-state index contributed by atoms with van der Waals surface area (Å²) in [6, 6.07) is 7.62. The SMILES string of the molecule is Cc1c([C@@H](C)NC(=O)N[C@H]2CCO[C@@H]2c2cnn(C(C)C)c2)oc2ccccc12. The normalized spacial score (nSPS) is 20.3. The third-order valence-electron chi connectivity index (χ3n) is 5.51. The molecule has 7 heteroatoms. The number of urea groups is 1. The molecule has 1 aliphatic rings. The number of amides is 2. The van der Waals surface area contributed by atoms with Crippen molar-refractivity contribution in [3.63, 3.8) is 0 Å². The van der Waals surface area contributed by atoms with Gasteiger partial charge in [-0.25, -0.2) is 4.79 Å². The monoisotopic (exact) mass is 396 g/mol. The number of nitrogens with one attached hydrogen (secondary N) is 2. The summed E-state index contributed by atoms with van der Waals surface area (Å²) in [7, 11) is 0. The molecule has 0 spiro atoms. The van der Waals surface area contributed by atoms with Gasteiger partial charge < -0.3 is 19.8 Å². The number of carbonyl (C=O) groups excluding carboxylic acids is 1. The lowest BCUT2D eigenvalue weighted by Gasteiger charge is -2.21. The number of aromatic nitrogens is 2. The van der Waals surface area contributed by atoms with Crippen molar-refractivity contribution in [3.05, 3.63) is 53.5 Å². The molecule has 0 saturated carbocycles. The minimum atomic E-state index is -0.244. The number of fused-ring (bicyclic) bond motifs is 1. The Morgan fingerprint density at radius 1 is 1.28 bits per heavy atom. The molecule has 3 aromatic rings. The van der Waals surface area contributed by atoms with Crippen LogP contribution in [0.2, 0.25) is 0 Å². The summed E-state index contributed by atoms with van der Waals surface area (Å²) in [5, 5.41) is 11.5. The number of benzene rings is 1. The highest BCUT2D eigenvalue weighted by Crippen LogP contribution is 2.31. The smallest absolute Gasteiger partial charge is 0.315 e. The summed E-state index contributed by atoms with van der Waals surface area (Å²) in [6.45, 7) is 8.72. The maximum absolute atomic E-state index is 12.7. The predicted octanol–water partition coefficient (Wildman–Crippen LogP) is 4.41. The zero-order chi connectivity index (χ0) is 20.5. The molecule has 2 N–H and O–H groups in total. The predicted molar refractivity (Wildman–Crippen MR) is 111 cm³/mol. The molecule has 2 amide bonds. The van der Waals surface area contributed by atoms with E-state index in [4.69, 9.17) is 9.15 Å². The van der Waals surface area contributed by atoms with Crippen molar-refractivity contribution in [3.8, 4) is 0 Å². The fourth-order valence-electron chi connectivity index (χ4n) is 3.93. The lowest BCUT2D eigenvalue weighted by molar-refractivity contribution is 0.0997. The van der Waals surface area contributed by atoms with Crippen molar-refractivity contribution in [2.45, 2.75) is 58.3 Å². The Hall–Kier alpha value is -2.80. The Morgan fingerprint density at radius 3 is 2.79 bits per heavy atom. The Bertz CT molecular complexity index is 1010. The van der Waals surface area contributed by atoms with Gasteiger partial charge in [0, 0.05) is 35.4 Å². The fraction of sp³-hybridized carbons (Fsp3) is 0.455. The van der Waals surface area contributed by atoms with Gasteiger partial charge in [0.1, 0.15) is 17.4 Å². The van der Waals surface area contributed by atoms with E-state index in [1.54, 1.807) is 0 Å². The Labute approximate surface area is 170 Å². The van der Waals surface area contributed by atoms with Crippen LogP contribution in [0.5, 0.6) is 0 Å². The first-order chi connectivity index (χ1) is 13.9. The van der Waals surface area contributed by atoms with E-state index < -0.39 is 0 Å². The number of ether oxygens (including phenoxy) is 1. The average molecular weight is 396 g/mol. The number of rotatable bonds is 5. The second-order valence-corrected chi connectivity index (χ2v) is 7.96. The van der Waals surface area contributed by atoms with Gasteiger partial charge in [-0.2, -0.15) is 5.10 Å². The number of furan rings is 1. The molecule has 1 aromatic carbocycles. The van der Waals surface area contributed by atoms with Crippen molar-refractivity contribution < 1.29 is 13.9 Å². The zero-order valence-electron chi connectivity index (χ0n) is 17.3. The number of hydrogen-bond donors (Lipinski definition) is 2. The zero-order valence-corrected chi connectivity index (χ0v) is 17.3. The van der Waals surface area contributed by atoms with Crippen molar-refractivity contribution in [2.75, 3.05) is 6.61 Å². The maximum atomic E-state index is 12.7. The third-order valence-corrected chi connectivity index (χ3v) is 5.51. The second-order valence-electron chi connectivity index (χ2n) is 7.96. The Morgan fingerprint density at radius 2 is 2.07 bits per heavy atom. The number of aryl methyl sites for hydroxylation is 1. The van der Waals surface area contributed by atoms with E-state index >= 15 is 0 Å². The first-order valence-electron chi connectivity index (χ1n) is 10.1. The molecule has 1 saturated heterocycles. The fourth-order valence-corrected chi connectivity index (χ4v) is 3.93. The first kappa shape index (κ1) is 19.5. The van der Waals surface area contributed by atoms with Crippen molar-refractivity contribution >= 4 is 17.0 Å². The molecule has 154 valence electrons. The van der Waals surface area contributed by atoms with Gasteiger partial charge in [-0.3, -0.25) is 4.68 Å². The van der Waals surface area contributed by atoms with E-state index in [0.717, 1.165) is 34.3 Å². The summed E-state index contributed by atoms with van der Waals surface area (Å²) >= 11 is 0. The van der Waals surface area contributed by atoms with Gasteiger partial charge in [0.2, 0.25) is 0 Å². The third kappa shape index (κ3) is 3.87. The molecule has 0 aliphatic carbocycles. The van der Waals surface area contributed by atoms with Crippen LogP contribution in [0.25, 0.3) is 11.0 Å². The van der Waals surface area contributed by atoms with Crippen LogP contribution < -0.4 is 10.6 Å². The van der Waals surface area contributed by atoms with Crippen LogP contribution in [-0.2, 0) is 4.74 Å². The molecule has 3 heterocycles. The van der Waals surface area contributed by atoms with Gasteiger partial charge in [0.25, 0.3) is 0 Å². The first-order valence-corrected chi connectivity index (χ1v) is 10.1. The van der Waals surface area contributed by atoms with Gasteiger partial charge in [0.15, 0.2) is 0 Å². The molecule has 0 unspecified atom stereocenters. The molecule has 0 radical (unpaired) electrons. The summed E-state index contributed by atoms with van der Waals surface area (Å²) in [4.78, 5) is 12.7. The molecule has 0 bridgehead atoms. The topological polar surface area (TPSA) is 81.3 Å². The largest absolute Gasteiger partial charge is 0.459 e. The molecule has 2 aromatic heterocycles. The quantitative estimate of drug-likeness (QED) is 0.669. The summed E-state index contributed by atoms with van der Waals surface area (Å²) in [5.74, 6) is 0.777. The summed E-state index contributed by atoms with van der Waals surface area (Å²) in [6.07, 6.45) is 4.40. The number of nitrogens with zero attached hydrogens (tertiary/aromatic N) is 2. The average Bonchev–Trinajstić information content (AvgIpc) is 3.40. The van der Waals surface area contributed by atoms with E-state index in [2.05, 4.69) is 29.6 Å². The Balaban J connectivity index is 1.42. The van der Waals surface area contributed by atoms with Gasteiger partial charge in [-0.15, -0.1) is 0 Å². The number of carbonyl (C=O) groups is 1. The Kier molecular flexibility index (Phi) is 5.32. The molecule has 1 aliphatic heterocycles. The maximum Gasteiger partial charge on any atom is 0.315 e. The van der Waals surface area contributed by atoms with Crippen LogP contribution in [0.15, 0.2) is 41.1 Å². The molecular formula is C22H28N4O3. The molecule has 3 atom stereocenters. The van der Waals surface area contributed by atoms with Crippen LogP contribution in [-0.4, -0.2) is 28.5 Å². The lowest BCUT2D eigenvalue weighted by atomic mass is 10.1. The highest BCUT2D eigenvalue weighted by atomic mass is 16.5. The molecule has 7 nitrogen and oxygen atoms in total.